The fourth-order valence-corrected chi connectivity index (χ4v) is 3.60. The lowest BCUT2D eigenvalue weighted by atomic mass is 9.93. The number of halogens is 1. The number of carbonyl (C=O) groups excluding carboxylic acids is 2. The lowest BCUT2D eigenvalue weighted by Gasteiger charge is -2.19. The molecular weight excluding hydrogens is 383 g/mol. The lowest BCUT2D eigenvalue weighted by Crippen LogP contribution is -2.40. The number of rotatable bonds is 12. The van der Waals surface area contributed by atoms with Gasteiger partial charge in [-0.25, -0.2) is 4.39 Å². The van der Waals surface area contributed by atoms with E-state index in [2.05, 4.69) is 29.7 Å². The van der Waals surface area contributed by atoms with Crippen molar-refractivity contribution >= 4 is 11.8 Å². The Balaban J connectivity index is 1.29. The summed E-state index contributed by atoms with van der Waals surface area (Å²) in [7, 11) is 0. The van der Waals surface area contributed by atoms with Gasteiger partial charge in [-0.15, -0.1) is 0 Å². The van der Waals surface area contributed by atoms with Crippen molar-refractivity contribution in [1.82, 2.24) is 10.6 Å². The first kappa shape index (κ1) is 22.5. The topological polar surface area (TPSA) is 67.4 Å². The summed E-state index contributed by atoms with van der Waals surface area (Å²) in [6.45, 7) is 3.56. The van der Waals surface area contributed by atoms with Gasteiger partial charge in [0.2, 0.25) is 11.8 Å². The van der Waals surface area contributed by atoms with E-state index in [1.165, 1.54) is 18.9 Å². The molecule has 2 aliphatic rings. The van der Waals surface area contributed by atoms with E-state index >= 15 is 0 Å². The van der Waals surface area contributed by atoms with E-state index in [1.807, 2.05) is 12.1 Å². The molecule has 0 aromatic heterocycles. The molecule has 2 amide bonds. The fourth-order valence-electron chi connectivity index (χ4n) is 3.60. The number of hydrogen-bond acceptors (Lipinski definition) is 4. The third-order valence-electron chi connectivity index (χ3n) is 5.83. The molecule has 5 nitrogen and oxygen atoms in total. The molecule has 164 valence electrons. The van der Waals surface area contributed by atoms with E-state index in [0.717, 1.165) is 37.8 Å². The van der Waals surface area contributed by atoms with Crippen LogP contribution in [0.1, 0.15) is 69.9 Å². The average Bonchev–Trinajstić information content (AvgIpc) is 3.55. The van der Waals surface area contributed by atoms with Crippen molar-refractivity contribution in [3.05, 3.63) is 41.7 Å². The molecule has 0 bridgehead atoms. The molecule has 2 N–H and O–H groups in total. The number of amides is 2. The first-order valence-corrected chi connectivity index (χ1v) is 11.2. The molecule has 2 fully saturated rings. The molecule has 1 unspecified atom stereocenters. The molecular formula is C24H33FN2O3. The van der Waals surface area contributed by atoms with Gasteiger partial charge < -0.3 is 10.1 Å². The highest BCUT2D eigenvalue weighted by atomic mass is 19.1. The summed E-state index contributed by atoms with van der Waals surface area (Å²) in [5.41, 5.74) is 1.03. The number of imide groups is 1. The Bertz CT molecular complexity index is 761. The van der Waals surface area contributed by atoms with Crippen molar-refractivity contribution in [2.45, 2.75) is 64.3 Å². The quantitative estimate of drug-likeness (QED) is 0.300. The summed E-state index contributed by atoms with van der Waals surface area (Å²) in [6, 6.07) is 5.24. The maximum atomic E-state index is 13.9. The maximum absolute atomic E-state index is 13.9. The summed E-state index contributed by atoms with van der Waals surface area (Å²) in [4.78, 5) is 22.9. The van der Waals surface area contributed by atoms with E-state index in [1.54, 1.807) is 0 Å². The summed E-state index contributed by atoms with van der Waals surface area (Å²) < 4.78 is 19.6. The number of piperidine rings is 1. The van der Waals surface area contributed by atoms with Gasteiger partial charge in [-0.2, -0.15) is 0 Å². The van der Waals surface area contributed by atoms with Crippen molar-refractivity contribution in [1.29, 1.82) is 0 Å². The van der Waals surface area contributed by atoms with E-state index in [4.69, 9.17) is 4.74 Å². The molecule has 1 aromatic rings. The zero-order valence-corrected chi connectivity index (χ0v) is 17.8. The predicted molar refractivity (Wildman–Crippen MR) is 115 cm³/mol. The average molecular weight is 417 g/mol. The summed E-state index contributed by atoms with van der Waals surface area (Å²) in [6.07, 6.45) is 11.4. The molecule has 1 saturated heterocycles. The minimum atomic E-state index is -0.297. The van der Waals surface area contributed by atoms with Gasteiger partial charge in [0.15, 0.2) is 11.6 Å². The first-order valence-electron chi connectivity index (χ1n) is 11.2. The highest BCUT2D eigenvalue weighted by Crippen LogP contribution is 2.31. The van der Waals surface area contributed by atoms with Gasteiger partial charge in [0.1, 0.15) is 0 Å². The third kappa shape index (κ3) is 7.24. The van der Waals surface area contributed by atoms with Crippen molar-refractivity contribution in [3.8, 4) is 5.75 Å². The van der Waals surface area contributed by atoms with Gasteiger partial charge in [0.25, 0.3) is 0 Å². The number of hydrogen-bond donors (Lipinski definition) is 2. The Hall–Kier alpha value is -2.21. The van der Waals surface area contributed by atoms with Crippen LogP contribution in [0.25, 0.3) is 0 Å². The van der Waals surface area contributed by atoms with Crippen LogP contribution in [-0.4, -0.2) is 25.0 Å². The Morgan fingerprint density at radius 1 is 1.23 bits per heavy atom. The van der Waals surface area contributed by atoms with E-state index in [0.29, 0.717) is 31.1 Å². The number of benzene rings is 1. The minimum absolute atomic E-state index is 0.0382. The molecule has 1 aliphatic heterocycles. The molecule has 1 saturated carbocycles. The highest BCUT2D eigenvalue weighted by molar-refractivity contribution is 5.98. The SMILES string of the molecule is C[C@@H](NCCC/C=C/CCC1CCC(=O)NC1=O)c1ccc(F)c(OCC2CC2)c1. The fraction of sp³-hybridized carbons (Fsp3) is 0.583. The Morgan fingerprint density at radius 3 is 2.80 bits per heavy atom. The first-order chi connectivity index (χ1) is 14.5. The standard InChI is InChI=1S/C24H33FN2O3/c1-17(20-10-12-21(25)22(15-20)30-16-18-8-9-18)26-14-6-4-2-3-5-7-19-11-13-23(28)27-24(19)29/h2-3,10,12,15,17-19,26H,4-9,11,13-14,16H2,1H3,(H,27,28,29)/b3-2+/t17-,19?/m1/s1. The second kappa shape index (κ2) is 11.3. The van der Waals surface area contributed by atoms with Crippen LogP contribution in [0, 0.1) is 17.7 Å². The summed E-state index contributed by atoms with van der Waals surface area (Å²) >= 11 is 0. The summed E-state index contributed by atoms with van der Waals surface area (Å²) in [5.74, 6) is 0.335. The van der Waals surface area contributed by atoms with Crippen molar-refractivity contribution in [2.24, 2.45) is 11.8 Å². The number of allylic oxidation sites excluding steroid dienone is 2. The molecule has 1 heterocycles. The number of carbonyl (C=O) groups is 2. The number of nitrogens with one attached hydrogen (secondary N) is 2. The van der Waals surface area contributed by atoms with Gasteiger partial charge in [-0.05, 0) is 82.0 Å². The van der Waals surface area contributed by atoms with Crippen LogP contribution in [-0.2, 0) is 9.59 Å². The van der Waals surface area contributed by atoms with Crippen LogP contribution < -0.4 is 15.4 Å². The van der Waals surface area contributed by atoms with Crippen LogP contribution in [0.3, 0.4) is 0 Å². The second-order valence-electron chi connectivity index (χ2n) is 8.46. The van der Waals surface area contributed by atoms with Gasteiger partial charge >= 0.3 is 0 Å². The summed E-state index contributed by atoms with van der Waals surface area (Å²) in [5, 5.41) is 5.88. The monoisotopic (exact) mass is 416 g/mol. The van der Waals surface area contributed by atoms with Crippen LogP contribution >= 0.6 is 0 Å². The predicted octanol–water partition coefficient (Wildman–Crippen LogP) is 4.43. The molecule has 1 aromatic carbocycles. The van der Waals surface area contributed by atoms with E-state index < -0.39 is 0 Å². The zero-order valence-electron chi connectivity index (χ0n) is 17.8. The molecule has 3 rings (SSSR count). The molecule has 30 heavy (non-hydrogen) atoms. The molecule has 2 atom stereocenters. The minimum Gasteiger partial charge on any atom is -0.490 e. The van der Waals surface area contributed by atoms with Gasteiger partial charge in [-0.1, -0.05) is 18.2 Å². The molecule has 0 radical (unpaired) electrons. The molecule has 0 spiro atoms. The van der Waals surface area contributed by atoms with E-state index in [9.17, 15) is 14.0 Å². The Morgan fingerprint density at radius 2 is 2.03 bits per heavy atom. The third-order valence-corrected chi connectivity index (χ3v) is 5.83. The van der Waals surface area contributed by atoms with Crippen LogP contribution in [0.2, 0.25) is 0 Å². The Labute approximate surface area is 178 Å². The van der Waals surface area contributed by atoms with Crippen LogP contribution in [0.15, 0.2) is 30.4 Å². The van der Waals surface area contributed by atoms with Gasteiger partial charge in [0, 0.05) is 18.4 Å². The maximum Gasteiger partial charge on any atom is 0.229 e. The number of ether oxygens (including phenoxy) is 1. The molecule has 1 aliphatic carbocycles. The normalized spacial score (nSPS) is 20.4. The van der Waals surface area contributed by atoms with Crippen LogP contribution in [0.4, 0.5) is 4.39 Å². The van der Waals surface area contributed by atoms with Crippen molar-refractivity contribution < 1.29 is 18.7 Å². The zero-order chi connectivity index (χ0) is 21.3. The van der Waals surface area contributed by atoms with Gasteiger partial charge in [-0.3, -0.25) is 14.9 Å². The van der Waals surface area contributed by atoms with Gasteiger partial charge in [0.05, 0.1) is 6.61 Å². The van der Waals surface area contributed by atoms with Crippen LogP contribution in [0.5, 0.6) is 5.75 Å². The lowest BCUT2D eigenvalue weighted by molar-refractivity contribution is -0.136. The van der Waals surface area contributed by atoms with Crippen molar-refractivity contribution in [2.75, 3.05) is 13.2 Å². The second-order valence-corrected chi connectivity index (χ2v) is 8.46. The molecule has 6 heteroatoms. The van der Waals surface area contributed by atoms with Crippen molar-refractivity contribution in [3.63, 3.8) is 0 Å². The Kier molecular flexibility index (Phi) is 8.43. The van der Waals surface area contributed by atoms with E-state index in [-0.39, 0.29) is 29.6 Å². The number of unbranched alkanes of at least 4 members (excludes halogenated alkanes) is 1. The largest absolute Gasteiger partial charge is 0.490 e. The highest BCUT2D eigenvalue weighted by Gasteiger charge is 2.25. The smallest absolute Gasteiger partial charge is 0.229 e.